The highest BCUT2D eigenvalue weighted by molar-refractivity contribution is 5.82. The Morgan fingerprint density at radius 1 is 1.20 bits per heavy atom. The van der Waals surface area contributed by atoms with Crippen molar-refractivity contribution in [3.05, 3.63) is 25.3 Å². The second-order valence-electron chi connectivity index (χ2n) is 4.92. The van der Waals surface area contributed by atoms with Crippen molar-refractivity contribution >= 4 is 17.0 Å². The summed E-state index contributed by atoms with van der Waals surface area (Å²) >= 11 is 0. The molecule has 0 amide bonds. The molecule has 3 aromatic heterocycles. The first-order chi connectivity index (χ1) is 9.92. The maximum Gasteiger partial charge on any atom is 0.182 e. The third kappa shape index (κ3) is 1.80. The van der Waals surface area contributed by atoms with E-state index in [1.165, 1.54) is 0 Å². The van der Waals surface area contributed by atoms with Gasteiger partial charge in [0.15, 0.2) is 11.5 Å². The minimum Gasteiger partial charge on any atom is -0.353 e. The predicted molar refractivity (Wildman–Crippen MR) is 72.2 cm³/mol. The van der Waals surface area contributed by atoms with E-state index in [0.717, 1.165) is 37.3 Å². The Hall–Kier alpha value is -2.51. The molecule has 0 saturated carbocycles. The van der Waals surface area contributed by atoms with Crippen molar-refractivity contribution in [2.75, 3.05) is 18.0 Å². The lowest BCUT2D eigenvalue weighted by atomic mass is 10.1. The monoisotopic (exact) mass is 270 g/mol. The fourth-order valence-corrected chi connectivity index (χ4v) is 2.76. The van der Waals surface area contributed by atoms with E-state index in [-0.39, 0.29) is 0 Å². The molecule has 0 aromatic carbocycles. The van der Waals surface area contributed by atoms with E-state index in [1.54, 1.807) is 25.3 Å². The van der Waals surface area contributed by atoms with Crippen molar-refractivity contribution in [2.45, 2.75) is 18.9 Å². The molecule has 20 heavy (non-hydrogen) atoms. The average molecular weight is 270 g/mol. The van der Waals surface area contributed by atoms with Gasteiger partial charge in [-0.3, -0.25) is 0 Å². The number of imidazole rings is 1. The van der Waals surface area contributed by atoms with Crippen molar-refractivity contribution in [2.24, 2.45) is 0 Å². The Kier molecular flexibility index (Phi) is 2.58. The number of piperidine rings is 1. The molecule has 1 fully saturated rings. The van der Waals surface area contributed by atoms with E-state index in [0.29, 0.717) is 11.7 Å². The van der Waals surface area contributed by atoms with Crippen LogP contribution in [0.4, 0.5) is 5.82 Å². The quantitative estimate of drug-likeness (QED) is 0.740. The number of anilines is 1. The van der Waals surface area contributed by atoms with Crippen molar-refractivity contribution in [3.63, 3.8) is 0 Å². The molecule has 1 aliphatic heterocycles. The first-order valence-corrected chi connectivity index (χ1v) is 6.65. The van der Waals surface area contributed by atoms with Crippen LogP contribution in [0.2, 0.25) is 0 Å². The number of nitrogens with one attached hydrogen (secondary N) is 1. The summed E-state index contributed by atoms with van der Waals surface area (Å²) in [6.07, 6.45) is 8.79. The topological polar surface area (TPSA) is 88.4 Å². The summed E-state index contributed by atoms with van der Waals surface area (Å²) in [6.45, 7) is 1.85. The van der Waals surface area contributed by atoms with Crippen LogP contribution >= 0.6 is 0 Å². The molecular weight excluding hydrogens is 256 g/mol. The summed E-state index contributed by atoms with van der Waals surface area (Å²) in [7, 11) is 0. The number of hydrogen-bond donors (Lipinski definition) is 1. The first-order valence-electron chi connectivity index (χ1n) is 6.65. The number of aromatic nitrogens is 7. The van der Waals surface area contributed by atoms with E-state index in [4.69, 9.17) is 0 Å². The molecule has 4 rings (SSSR count). The molecule has 1 saturated heterocycles. The molecule has 8 nitrogen and oxygen atoms in total. The second kappa shape index (κ2) is 4.55. The van der Waals surface area contributed by atoms with Crippen LogP contribution in [0.15, 0.2) is 25.3 Å². The largest absolute Gasteiger partial charge is 0.353 e. The predicted octanol–water partition coefficient (Wildman–Crippen LogP) is 0.786. The van der Waals surface area contributed by atoms with Crippen LogP contribution in [-0.4, -0.2) is 47.8 Å². The van der Waals surface area contributed by atoms with Crippen molar-refractivity contribution < 1.29 is 0 Å². The Morgan fingerprint density at radius 2 is 2.20 bits per heavy atom. The summed E-state index contributed by atoms with van der Waals surface area (Å²) in [6, 6.07) is 0.333. The third-order valence-electron chi connectivity index (χ3n) is 3.71. The van der Waals surface area contributed by atoms with Gasteiger partial charge in [-0.2, -0.15) is 5.10 Å². The van der Waals surface area contributed by atoms with Crippen LogP contribution in [0, 0.1) is 0 Å². The van der Waals surface area contributed by atoms with Gasteiger partial charge in [0.1, 0.15) is 24.5 Å². The van der Waals surface area contributed by atoms with Crippen LogP contribution in [0.3, 0.4) is 0 Å². The van der Waals surface area contributed by atoms with Gasteiger partial charge < -0.3 is 9.88 Å². The molecule has 0 spiro atoms. The van der Waals surface area contributed by atoms with Gasteiger partial charge in [0, 0.05) is 13.1 Å². The zero-order valence-corrected chi connectivity index (χ0v) is 10.8. The third-order valence-corrected chi connectivity index (χ3v) is 3.71. The fraction of sp³-hybridized carbons (Fsp3) is 0.417. The van der Waals surface area contributed by atoms with Gasteiger partial charge in [0.25, 0.3) is 0 Å². The Labute approximate surface area is 114 Å². The van der Waals surface area contributed by atoms with Gasteiger partial charge in [-0.15, -0.1) is 0 Å². The van der Waals surface area contributed by atoms with E-state index in [1.807, 2.05) is 4.68 Å². The lowest BCUT2D eigenvalue weighted by Gasteiger charge is -2.33. The summed E-state index contributed by atoms with van der Waals surface area (Å²) in [5.74, 6) is 0.914. The molecular formula is C12H14N8. The van der Waals surface area contributed by atoms with E-state index in [9.17, 15) is 0 Å². The highest BCUT2D eigenvalue weighted by Crippen LogP contribution is 2.27. The lowest BCUT2D eigenvalue weighted by Crippen LogP contribution is -2.37. The molecule has 0 aliphatic carbocycles. The SMILES string of the molecule is c1nc(N2CCCC(n3cncn3)C2)c2[nH]cnc2n1. The Balaban J connectivity index is 1.66. The van der Waals surface area contributed by atoms with Crippen molar-refractivity contribution in [1.82, 2.24) is 34.7 Å². The summed E-state index contributed by atoms with van der Waals surface area (Å²) in [5, 5.41) is 4.25. The van der Waals surface area contributed by atoms with Crippen LogP contribution in [0.1, 0.15) is 18.9 Å². The molecule has 1 N–H and O–H groups in total. The molecule has 3 aromatic rings. The van der Waals surface area contributed by atoms with Crippen molar-refractivity contribution in [1.29, 1.82) is 0 Å². The van der Waals surface area contributed by atoms with E-state index >= 15 is 0 Å². The van der Waals surface area contributed by atoms with Crippen LogP contribution in [0.25, 0.3) is 11.2 Å². The van der Waals surface area contributed by atoms with Gasteiger partial charge in [-0.05, 0) is 12.8 Å². The number of hydrogen-bond acceptors (Lipinski definition) is 6. The first kappa shape index (κ1) is 11.3. The van der Waals surface area contributed by atoms with Crippen molar-refractivity contribution in [3.8, 4) is 0 Å². The van der Waals surface area contributed by atoms with Gasteiger partial charge in [-0.1, -0.05) is 0 Å². The maximum atomic E-state index is 4.42. The minimum atomic E-state index is 0.333. The molecule has 4 heterocycles. The maximum absolute atomic E-state index is 4.42. The molecule has 102 valence electrons. The van der Waals surface area contributed by atoms with Gasteiger partial charge in [0.05, 0.1) is 12.4 Å². The van der Waals surface area contributed by atoms with Crippen LogP contribution < -0.4 is 4.90 Å². The number of H-pyrrole nitrogens is 1. The zero-order valence-electron chi connectivity index (χ0n) is 10.8. The van der Waals surface area contributed by atoms with Gasteiger partial charge in [0.2, 0.25) is 0 Å². The lowest BCUT2D eigenvalue weighted by molar-refractivity contribution is 0.374. The molecule has 1 unspecified atom stereocenters. The number of aromatic amines is 1. The summed E-state index contributed by atoms with van der Waals surface area (Å²) < 4.78 is 1.93. The highest BCUT2D eigenvalue weighted by Gasteiger charge is 2.24. The molecule has 0 radical (unpaired) electrons. The number of rotatable bonds is 2. The van der Waals surface area contributed by atoms with E-state index < -0.39 is 0 Å². The number of nitrogens with zero attached hydrogens (tertiary/aromatic N) is 7. The summed E-state index contributed by atoms with van der Waals surface area (Å²) in [4.78, 5) is 22.2. The molecule has 1 aliphatic rings. The Bertz CT molecular complexity index is 703. The average Bonchev–Trinajstić information content (AvgIpc) is 3.18. The standard InChI is InChI=1S/C12H14N8/c1-2-9(20-8-13-5-18-20)4-19(3-1)12-10-11(15-6-14-10)16-7-17-12/h5-9H,1-4H2,(H,14,15,16,17). The second-order valence-corrected chi connectivity index (χ2v) is 4.92. The van der Waals surface area contributed by atoms with Gasteiger partial charge >= 0.3 is 0 Å². The smallest absolute Gasteiger partial charge is 0.182 e. The molecule has 1 atom stereocenters. The number of fused-ring (bicyclic) bond motifs is 1. The fourth-order valence-electron chi connectivity index (χ4n) is 2.76. The van der Waals surface area contributed by atoms with Crippen LogP contribution in [0.5, 0.6) is 0 Å². The highest BCUT2D eigenvalue weighted by atomic mass is 15.4. The zero-order chi connectivity index (χ0) is 13.4. The minimum absolute atomic E-state index is 0.333. The molecule has 0 bridgehead atoms. The molecule has 8 heteroatoms. The van der Waals surface area contributed by atoms with Crippen LogP contribution in [-0.2, 0) is 0 Å². The summed E-state index contributed by atoms with van der Waals surface area (Å²) in [5.41, 5.74) is 1.60. The van der Waals surface area contributed by atoms with E-state index in [2.05, 4.69) is 34.9 Å². The van der Waals surface area contributed by atoms with Gasteiger partial charge in [-0.25, -0.2) is 24.6 Å². The Morgan fingerprint density at radius 3 is 3.10 bits per heavy atom. The normalized spacial score (nSPS) is 19.6.